The van der Waals surface area contributed by atoms with E-state index < -0.39 is 6.10 Å². The van der Waals surface area contributed by atoms with Gasteiger partial charge in [0.05, 0.1) is 6.10 Å². The van der Waals surface area contributed by atoms with Gasteiger partial charge in [-0.15, -0.1) is 0 Å². The van der Waals surface area contributed by atoms with Crippen LogP contribution in [0.25, 0.3) is 0 Å². The van der Waals surface area contributed by atoms with Crippen molar-refractivity contribution >= 4 is 0 Å². The predicted molar refractivity (Wildman–Crippen MR) is 76.8 cm³/mol. The van der Waals surface area contributed by atoms with Gasteiger partial charge in [0.2, 0.25) is 0 Å². The molecular formula is C17H19NO. The van der Waals surface area contributed by atoms with Crippen LogP contribution in [0, 0.1) is 6.92 Å². The fourth-order valence-corrected chi connectivity index (χ4v) is 2.74. The molecule has 98 valence electrons. The van der Waals surface area contributed by atoms with Gasteiger partial charge in [-0.3, -0.25) is 0 Å². The van der Waals surface area contributed by atoms with Crippen LogP contribution < -0.4 is 5.32 Å². The van der Waals surface area contributed by atoms with Crippen molar-refractivity contribution in [3.05, 3.63) is 70.8 Å². The SMILES string of the molecule is Cc1ccc([C@H](O)C[C@@H]2NCc3ccccc32)cc1. The van der Waals surface area contributed by atoms with Crippen molar-refractivity contribution in [2.45, 2.75) is 32.0 Å². The first-order valence-electron chi connectivity index (χ1n) is 6.80. The number of rotatable bonds is 3. The Balaban J connectivity index is 1.74. The Morgan fingerprint density at radius 2 is 1.89 bits per heavy atom. The first kappa shape index (κ1) is 12.4. The zero-order chi connectivity index (χ0) is 13.2. The summed E-state index contributed by atoms with van der Waals surface area (Å²) < 4.78 is 0. The zero-order valence-corrected chi connectivity index (χ0v) is 11.1. The third-order valence-corrected chi connectivity index (χ3v) is 3.89. The number of aliphatic hydroxyl groups excluding tert-OH is 1. The van der Waals surface area contributed by atoms with Crippen molar-refractivity contribution in [2.75, 3.05) is 0 Å². The van der Waals surface area contributed by atoms with E-state index in [0.29, 0.717) is 0 Å². The van der Waals surface area contributed by atoms with Gasteiger partial charge in [-0.25, -0.2) is 0 Å². The maximum Gasteiger partial charge on any atom is 0.0808 e. The smallest absolute Gasteiger partial charge is 0.0808 e. The van der Waals surface area contributed by atoms with Gasteiger partial charge >= 0.3 is 0 Å². The fraction of sp³-hybridized carbons (Fsp3) is 0.294. The lowest BCUT2D eigenvalue weighted by Crippen LogP contribution is -2.15. The Kier molecular flexibility index (Phi) is 3.36. The molecule has 1 aliphatic rings. The van der Waals surface area contributed by atoms with Gasteiger partial charge < -0.3 is 10.4 Å². The fourth-order valence-electron chi connectivity index (χ4n) is 2.74. The molecule has 0 bridgehead atoms. The first-order chi connectivity index (χ1) is 9.24. The monoisotopic (exact) mass is 253 g/mol. The van der Waals surface area contributed by atoms with E-state index in [0.717, 1.165) is 18.5 Å². The largest absolute Gasteiger partial charge is 0.388 e. The van der Waals surface area contributed by atoms with E-state index >= 15 is 0 Å². The van der Waals surface area contributed by atoms with E-state index in [9.17, 15) is 5.11 Å². The molecule has 0 spiro atoms. The van der Waals surface area contributed by atoms with Gasteiger partial charge in [0.25, 0.3) is 0 Å². The maximum atomic E-state index is 10.4. The molecule has 0 amide bonds. The number of benzene rings is 2. The molecule has 1 heterocycles. The van der Waals surface area contributed by atoms with Crippen LogP contribution in [0.4, 0.5) is 0 Å². The van der Waals surface area contributed by atoms with Crippen molar-refractivity contribution in [3.8, 4) is 0 Å². The number of hydrogen-bond acceptors (Lipinski definition) is 2. The van der Waals surface area contributed by atoms with Crippen LogP contribution in [0.2, 0.25) is 0 Å². The summed E-state index contributed by atoms with van der Waals surface area (Å²) in [5.41, 5.74) is 4.90. The number of hydrogen-bond donors (Lipinski definition) is 2. The molecule has 2 nitrogen and oxygen atoms in total. The molecule has 2 N–H and O–H groups in total. The van der Waals surface area contributed by atoms with E-state index in [1.165, 1.54) is 16.7 Å². The first-order valence-corrected chi connectivity index (χ1v) is 6.80. The summed E-state index contributed by atoms with van der Waals surface area (Å²) in [6, 6.07) is 16.8. The second-order valence-electron chi connectivity index (χ2n) is 5.29. The standard InChI is InChI=1S/C17H19NO/c1-12-6-8-13(9-7-12)17(19)10-16-15-5-3-2-4-14(15)11-18-16/h2-9,16-19H,10-11H2,1H3/t16-,17+/m0/s1. The van der Waals surface area contributed by atoms with Gasteiger partial charge in [0.1, 0.15) is 0 Å². The molecule has 2 aromatic carbocycles. The van der Waals surface area contributed by atoms with Gasteiger partial charge in [-0.05, 0) is 30.0 Å². The summed E-state index contributed by atoms with van der Waals surface area (Å²) in [5, 5.41) is 13.8. The molecule has 0 saturated carbocycles. The Bertz CT molecular complexity index is 562. The lowest BCUT2D eigenvalue weighted by molar-refractivity contribution is 0.153. The summed E-state index contributed by atoms with van der Waals surface area (Å²) >= 11 is 0. The number of nitrogens with one attached hydrogen (secondary N) is 1. The highest BCUT2D eigenvalue weighted by molar-refractivity contribution is 5.34. The van der Waals surface area contributed by atoms with E-state index in [2.05, 4.69) is 48.6 Å². The zero-order valence-electron chi connectivity index (χ0n) is 11.1. The third-order valence-electron chi connectivity index (χ3n) is 3.89. The van der Waals surface area contributed by atoms with Gasteiger partial charge in [0.15, 0.2) is 0 Å². The summed E-state index contributed by atoms with van der Waals surface area (Å²) in [4.78, 5) is 0. The maximum absolute atomic E-state index is 10.4. The Hall–Kier alpha value is -1.64. The van der Waals surface area contributed by atoms with Crippen molar-refractivity contribution in [2.24, 2.45) is 0 Å². The van der Waals surface area contributed by atoms with Crippen molar-refractivity contribution < 1.29 is 5.11 Å². The number of fused-ring (bicyclic) bond motifs is 1. The van der Waals surface area contributed by atoms with E-state index in [1.807, 2.05) is 12.1 Å². The quantitative estimate of drug-likeness (QED) is 0.880. The van der Waals surface area contributed by atoms with E-state index in [1.54, 1.807) is 0 Å². The van der Waals surface area contributed by atoms with Crippen LogP contribution in [-0.4, -0.2) is 5.11 Å². The molecule has 3 rings (SSSR count). The molecule has 0 fully saturated rings. The Labute approximate surface area is 114 Å². The molecule has 2 atom stereocenters. The lowest BCUT2D eigenvalue weighted by Gasteiger charge is -2.17. The molecule has 2 heteroatoms. The summed E-state index contributed by atoms with van der Waals surface area (Å²) in [7, 11) is 0. The predicted octanol–water partition coefficient (Wildman–Crippen LogP) is 3.26. The van der Waals surface area contributed by atoms with Crippen molar-refractivity contribution in [3.63, 3.8) is 0 Å². The Morgan fingerprint density at radius 3 is 2.68 bits per heavy atom. The minimum absolute atomic E-state index is 0.257. The van der Waals surface area contributed by atoms with Gasteiger partial charge in [-0.2, -0.15) is 0 Å². The molecule has 0 aliphatic carbocycles. The highest BCUT2D eigenvalue weighted by Gasteiger charge is 2.24. The van der Waals surface area contributed by atoms with Gasteiger partial charge in [-0.1, -0.05) is 54.1 Å². The third kappa shape index (κ3) is 2.55. The van der Waals surface area contributed by atoms with E-state index in [4.69, 9.17) is 0 Å². The van der Waals surface area contributed by atoms with Crippen molar-refractivity contribution in [1.29, 1.82) is 0 Å². The molecule has 0 unspecified atom stereocenters. The van der Waals surface area contributed by atoms with Crippen LogP contribution in [0.1, 0.15) is 40.8 Å². The molecular weight excluding hydrogens is 234 g/mol. The van der Waals surface area contributed by atoms with Crippen LogP contribution in [-0.2, 0) is 6.54 Å². The molecule has 19 heavy (non-hydrogen) atoms. The number of aliphatic hydroxyl groups is 1. The molecule has 0 radical (unpaired) electrons. The second kappa shape index (κ2) is 5.16. The minimum Gasteiger partial charge on any atom is -0.388 e. The highest BCUT2D eigenvalue weighted by atomic mass is 16.3. The second-order valence-corrected chi connectivity index (χ2v) is 5.29. The topological polar surface area (TPSA) is 32.3 Å². The molecule has 2 aromatic rings. The van der Waals surface area contributed by atoms with Crippen LogP contribution in [0.3, 0.4) is 0 Å². The summed E-state index contributed by atoms with van der Waals surface area (Å²) in [5.74, 6) is 0. The Morgan fingerprint density at radius 1 is 1.16 bits per heavy atom. The van der Waals surface area contributed by atoms with Crippen LogP contribution in [0.15, 0.2) is 48.5 Å². The van der Waals surface area contributed by atoms with Crippen LogP contribution >= 0.6 is 0 Å². The van der Waals surface area contributed by atoms with Crippen LogP contribution in [0.5, 0.6) is 0 Å². The minimum atomic E-state index is -0.413. The molecule has 0 aromatic heterocycles. The highest BCUT2D eigenvalue weighted by Crippen LogP contribution is 2.32. The van der Waals surface area contributed by atoms with Gasteiger partial charge in [0, 0.05) is 12.6 Å². The van der Waals surface area contributed by atoms with E-state index in [-0.39, 0.29) is 6.04 Å². The van der Waals surface area contributed by atoms with Crippen molar-refractivity contribution in [1.82, 2.24) is 5.32 Å². The molecule has 1 aliphatic heterocycles. The summed E-state index contributed by atoms with van der Waals surface area (Å²) in [6.07, 6.45) is 0.310. The normalized spacial score (nSPS) is 19.2. The molecule has 0 saturated heterocycles. The summed E-state index contributed by atoms with van der Waals surface area (Å²) in [6.45, 7) is 2.96. The number of aryl methyl sites for hydroxylation is 1. The lowest BCUT2D eigenvalue weighted by atomic mass is 9.96. The average molecular weight is 253 g/mol. The average Bonchev–Trinajstić information content (AvgIpc) is 2.83.